The molecule has 2 aromatic heterocycles. The summed E-state index contributed by atoms with van der Waals surface area (Å²) in [6.07, 6.45) is 4.68. The first-order valence-electron chi connectivity index (χ1n) is 2.94. The molecule has 0 fully saturated rings. The molecule has 0 radical (unpaired) electrons. The maximum Gasteiger partial charge on any atom is 0.181 e. The molecule has 0 amide bonds. The first-order valence-corrected chi connectivity index (χ1v) is 3.74. The number of hydrogen-bond acceptors (Lipinski definition) is 4. The number of fused-ring (bicyclic) bond motifs is 1. The molecule has 4 nitrogen and oxygen atoms in total. The predicted octanol–water partition coefficient (Wildman–Crippen LogP) is 1.18. The van der Waals surface area contributed by atoms with Crippen LogP contribution in [0, 0.1) is 0 Å². The van der Waals surface area contributed by atoms with E-state index in [2.05, 4.69) is 35.9 Å². The molecule has 0 saturated carbocycles. The number of halogens is 1. The quantitative estimate of drug-likeness (QED) is 0.656. The average molecular weight is 211 g/mol. The molecular formula is C6H3BrN4. The summed E-state index contributed by atoms with van der Waals surface area (Å²) in [6, 6.07) is 0. The Labute approximate surface area is 70.9 Å². The molecule has 11 heavy (non-hydrogen) atoms. The molecule has 0 aliphatic carbocycles. The van der Waals surface area contributed by atoms with E-state index < -0.39 is 0 Å². The lowest BCUT2D eigenvalue weighted by Crippen LogP contribution is -1.87. The molecule has 2 heterocycles. The molecule has 0 spiro atoms. The van der Waals surface area contributed by atoms with Gasteiger partial charge in [0.1, 0.15) is 16.4 Å². The van der Waals surface area contributed by atoms with Crippen LogP contribution in [-0.2, 0) is 0 Å². The molecule has 54 valence electrons. The van der Waals surface area contributed by atoms with Gasteiger partial charge in [0.15, 0.2) is 5.65 Å². The Balaban J connectivity index is 2.83. The van der Waals surface area contributed by atoms with Crippen molar-refractivity contribution in [1.82, 2.24) is 19.9 Å². The molecule has 2 aromatic rings. The molecule has 0 saturated heterocycles. The number of hydrogen-bond donors (Lipinski definition) is 0. The molecule has 2 rings (SSSR count). The minimum Gasteiger partial charge on any atom is -0.242 e. The van der Waals surface area contributed by atoms with Crippen molar-refractivity contribution >= 4 is 27.1 Å². The average Bonchev–Trinajstić information content (AvgIpc) is 2.04. The largest absolute Gasteiger partial charge is 0.242 e. The summed E-state index contributed by atoms with van der Waals surface area (Å²) in [6.45, 7) is 0. The molecule has 0 aliphatic heterocycles. The summed E-state index contributed by atoms with van der Waals surface area (Å²) in [5.74, 6) is 0. The lowest BCUT2D eigenvalue weighted by Gasteiger charge is -1.92. The Bertz CT molecular complexity index is 389. The molecular weight excluding hydrogens is 208 g/mol. The van der Waals surface area contributed by atoms with Crippen molar-refractivity contribution < 1.29 is 0 Å². The minimum atomic E-state index is 0.614. The Morgan fingerprint density at radius 3 is 3.00 bits per heavy atom. The summed E-state index contributed by atoms with van der Waals surface area (Å²) < 4.78 is 0.694. The van der Waals surface area contributed by atoms with Gasteiger partial charge >= 0.3 is 0 Å². The van der Waals surface area contributed by atoms with Crippen molar-refractivity contribution in [2.45, 2.75) is 0 Å². The van der Waals surface area contributed by atoms with E-state index in [1.54, 1.807) is 12.4 Å². The molecule has 0 unspecified atom stereocenters. The van der Waals surface area contributed by atoms with Crippen LogP contribution in [0.3, 0.4) is 0 Å². The Morgan fingerprint density at radius 1 is 1.18 bits per heavy atom. The van der Waals surface area contributed by atoms with Gasteiger partial charge in [0.05, 0.1) is 12.4 Å². The van der Waals surface area contributed by atoms with Crippen molar-refractivity contribution in [2.75, 3.05) is 0 Å². The van der Waals surface area contributed by atoms with E-state index in [1.807, 2.05) is 0 Å². The van der Waals surface area contributed by atoms with Crippen molar-refractivity contribution in [3.05, 3.63) is 23.3 Å². The van der Waals surface area contributed by atoms with Crippen LogP contribution in [0.4, 0.5) is 0 Å². The standard InChI is InChI=1S/C6H3BrN4/c7-5-2-9-6-4(11-5)1-8-3-10-6/h1-3H. The summed E-state index contributed by atoms with van der Waals surface area (Å²) in [7, 11) is 0. The third kappa shape index (κ3) is 1.19. The Kier molecular flexibility index (Phi) is 1.50. The van der Waals surface area contributed by atoms with Crippen molar-refractivity contribution in [1.29, 1.82) is 0 Å². The lowest BCUT2D eigenvalue weighted by molar-refractivity contribution is 1.13. The SMILES string of the molecule is Brc1cnc2ncncc2n1. The third-order valence-electron chi connectivity index (χ3n) is 1.19. The first kappa shape index (κ1) is 6.60. The molecule has 0 bridgehead atoms. The van der Waals surface area contributed by atoms with Gasteiger partial charge in [-0.2, -0.15) is 0 Å². The molecule has 0 aliphatic rings. The predicted molar refractivity (Wildman–Crippen MR) is 42.8 cm³/mol. The van der Waals surface area contributed by atoms with E-state index in [0.29, 0.717) is 15.8 Å². The van der Waals surface area contributed by atoms with E-state index in [-0.39, 0.29) is 0 Å². The zero-order chi connectivity index (χ0) is 7.68. The van der Waals surface area contributed by atoms with Gasteiger partial charge in [-0.05, 0) is 15.9 Å². The minimum absolute atomic E-state index is 0.614. The van der Waals surface area contributed by atoms with Crippen LogP contribution in [0.5, 0.6) is 0 Å². The summed E-state index contributed by atoms with van der Waals surface area (Å²) >= 11 is 3.20. The van der Waals surface area contributed by atoms with Gasteiger partial charge in [0, 0.05) is 0 Å². The molecule has 0 aromatic carbocycles. The fourth-order valence-electron chi connectivity index (χ4n) is 0.753. The number of nitrogens with zero attached hydrogens (tertiary/aromatic N) is 4. The highest BCUT2D eigenvalue weighted by Crippen LogP contribution is 2.08. The highest BCUT2D eigenvalue weighted by Gasteiger charge is 1.95. The monoisotopic (exact) mass is 210 g/mol. The molecule has 5 heteroatoms. The van der Waals surface area contributed by atoms with Gasteiger partial charge in [0.2, 0.25) is 0 Å². The van der Waals surface area contributed by atoms with E-state index in [9.17, 15) is 0 Å². The van der Waals surface area contributed by atoms with E-state index >= 15 is 0 Å². The van der Waals surface area contributed by atoms with Crippen LogP contribution in [-0.4, -0.2) is 19.9 Å². The summed E-state index contributed by atoms with van der Waals surface area (Å²) in [4.78, 5) is 15.9. The van der Waals surface area contributed by atoms with Gasteiger partial charge in [-0.25, -0.2) is 19.9 Å². The highest BCUT2D eigenvalue weighted by molar-refractivity contribution is 9.10. The first-order chi connectivity index (χ1) is 5.36. The van der Waals surface area contributed by atoms with E-state index in [1.165, 1.54) is 6.33 Å². The third-order valence-corrected chi connectivity index (χ3v) is 1.58. The van der Waals surface area contributed by atoms with E-state index in [0.717, 1.165) is 0 Å². The van der Waals surface area contributed by atoms with Crippen LogP contribution in [0.25, 0.3) is 11.2 Å². The van der Waals surface area contributed by atoms with Gasteiger partial charge in [0.25, 0.3) is 0 Å². The topological polar surface area (TPSA) is 51.6 Å². The fourth-order valence-corrected chi connectivity index (χ4v) is 1.05. The van der Waals surface area contributed by atoms with E-state index in [4.69, 9.17) is 0 Å². The van der Waals surface area contributed by atoms with Crippen LogP contribution < -0.4 is 0 Å². The van der Waals surface area contributed by atoms with Gasteiger partial charge in [-0.15, -0.1) is 0 Å². The fraction of sp³-hybridized carbons (Fsp3) is 0. The Hall–Kier alpha value is -1.10. The Morgan fingerprint density at radius 2 is 2.09 bits per heavy atom. The van der Waals surface area contributed by atoms with Gasteiger partial charge < -0.3 is 0 Å². The maximum atomic E-state index is 4.10. The van der Waals surface area contributed by atoms with Crippen LogP contribution in [0.1, 0.15) is 0 Å². The van der Waals surface area contributed by atoms with Crippen LogP contribution in [0.2, 0.25) is 0 Å². The van der Waals surface area contributed by atoms with Crippen molar-refractivity contribution in [3.63, 3.8) is 0 Å². The summed E-state index contributed by atoms with van der Waals surface area (Å²) in [5.41, 5.74) is 1.31. The van der Waals surface area contributed by atoms with Gasteiger partial charge in [-0.1, -0.05) is 0 Å². The molecule has 0 N–H and O–H groups in total. The second-order valence-electron chi connectivity index (χ2n) is 1.92. The zero-order valence-corrected chi connectivity index (χ0v) is 6.98. The van der Waals surface area contributed by atoms with Gasteiger partial charge in [-0.3, -0.25) is 0 Å². The van der Waals surface area contributed by atoms with Crippen molar-refractivity contribution in [3.8, 4) is 0 Å². The number of rotatable bonds is 0. The number of aromatic nitrogens is 4. The lowest BCUT2D eigenvalue weighted by atomic mass is 10.5. The zero-order valence-electron chi connectivity index (χ0n) is 5.40. The second kappa shape index (κ2) is 2.50. The summed E-state index contributed by atoms with van der Waals surface area (Å²) in [5, 5.41) is 0. The maximum absolute atomic E-state index is 4.10. The van der Waals surface area contributed by atoms with Crippen molar-refractivity contribution in [2.24, 2.45) is 0 Å². The smallest absolute Gasteiger partial charge is 0.181 e. The normalized spacial score (nSPS) is 10.3. The second-order valence-corrected chi connectivity index (χ2v) is 2.74. The van der Waals surface area contributed by atoms with Crippen LogP contribution >= 0.6 is 15.9 Å². The van der Waals surface area contributed by atoms with Crippen LogP contribution in [0.15, 0.2) is 23.3 Å². The highest BCUT2D eigenvalue weighted by atomic mass is 79.9. The molecule has 0 atom stereocenters.